The van der Waals surface area contributed by atoms with Gasteiger partial charge in [-0.3, -0.25) is 4.79 Å². The van der Waals surface area contributed by atoms with Gasteiger partial charge in [0.15, 0.2) is 0 Å². The van der Waals surface area contributed by atoms with E-state index in [0.29, 0.717) is 5.56 Å². The van der Waals surface area contributed by atoms with Crippen molar-refractivity contribution in [2.24, 2.45) is 0 Å². The highest BCUT2D eigenvalue weighted by Crippen LogP contribution is 2.24. The molecule has 0 atom stereocenters. The van der Waals surface area contributed by atoms with Crippen LogP contribution < -0.4 is 15.1 Å². The highest BCUT2D eigenvalue weighted by Gasteiger charge is 2.21. The number of carbonyl (C=O) groups excluding carboxylic acids is 1. The molecule has 6 nitrogen and oxygen atoms in total. The number of pyridine rings is 1. The second kappa shape index (κ2) is 8.61. The van der Waals surface area contributed by atoms with Crippen molar-refractivity contribution in [2.45, 2.75) is 19.8 Å². The van der Waals surface area contributed by atoms with Crippen LogP contribution in [0.4, 0.5) is 17.2 Å². The minimum absolute atomic E-state index is 0.0979. The van der Waals surface area contributed by atoms with Gasteiger partial charge in [0.2, 0.25) is 0 Å². The Morgan fingerprint density at radius 1 is 0.964 bits per heavy atom. The molecule has 0 saturated carbocycles. The van der Waals surface area contributed by atoms with Gasteiger partial charge in [0.1, 0.15) is 5.82 Å². The number of piperazine rings is 1. The zero-order valence-corrected chi connectivity index (χ0v) is 16.6. The highest BCUT2D eigenvalue weighted by atomic mass is 16.1. The molecule has 1 aromatic carbocycles. The third-order valence-corrected chi connectivity index (χ3v) is 5.75. The number of nitrogens with zero attached hydrogens (tertiary/aromatic N) is 4. The fraction of sp³-hybridized carbons (Fsp3) is 0.455. The molecular weight excluding hydrogens is 350 g/mol. The monoisotopic (exact) mass is 379 g/mol. The first-order valence-electron chi connectivity index (χ1n) is 10.3. The van der Waals surface area contributed by atoms with E-state index in [4.69, 9.17) is 0 Å². The Balaban J connectivity index is 1.42. The molecule has 2 fully saturated rings. The van der Waals surface area contributed by atoms with Crippen LogP contribution in [0.25, 0.3) is 0 Å². The van der Waals surface area contributed by atoms with Crippen molar-refractivity contribution in [3.63, 3.8) is 0 Å². The summed E-state index contributed by atoms with van der Waals surface area (Å²) in [4.78, 5) is 24.4. The summed E-state index contributed by atoms with van der Waals surface area (Å²) >= 11 is 0. The molecule has 0 spiro atoms. The summed E-state index contributed by atoms with van der Waals surface area (Å²) in [6.45, 7) is 9.58. The maximum Gasteiger partial charge on any atom is 0.259 e. The summed E-state index contributed by atoms with van der Waals surface area (Å²) in [6, 6.07) is 11.9. The molecule has 4 rings (SSSR count). The second-order valence-electron chi connectivity index (χ2n) is 7.49. The van der Waals surface area contributed by atoms with Crippen molar-refractivity contribution in [3.8, 4) is 0 Å². The zero-order valence-electron chi connectivity index (χ0n) is 16.6. The topological polar surface area (TPSA) is 51.7 Å². The van der Waals surface area contributed by atoms with Crippen molar-refractivity contribution in [2.75, 3.05) is 60.9 Å². The van der Waals surface area contributed by atoms with Gasteiger partial charge in [0.25, 0.3) is 5.91 Å². The van der Waals surface area contributed by atoms with Gasteiger partial charge in [-0.05, 0) is 55.8 Å². The number of nitrogens with one attached hydrogen (secondary N) is 1. The lowest BCUT2D eigenvalue weighted by Crippen LogP contribution is -2.46. The normalized spacial score (nSPS) is 17.8. The van der Waals surface area contributed by atoms with Gasteiger partial charge in [-0.1, -0.05) is 6.92 Å². The number of likely N-dealkylation sites (N-methyl/N-ethyl adjacent to an activating group) is 1. The minimum Gasteiger partial charge on any atom is -0.369 e. The minimum atomic E-state index is -0.0979. The number of hydrogen-bond donors (Lipinski definition) is 1. The van der Waals surface area contributed by atoms with Crippen LogP contribution in [-0.2, 0) is 0 Å². The van der Waals surface area contributed by atoms with Gasteiger partial charge >= 0.3 is 0 Å². The van der Waals surface area contributed by atoms with Gasteiger partial charge in [0, 0.05) is 56.8 Å². The summed E-state index contributed by atoms with van der Waals surface area (Å²) in [6.07, 6.45) is 4.08. The molecular formula is C22H29N5O. The molecule has 2 aliphatic rings. The molecule has 0 aliphatic carbocycles. The maximum absolute atomic E-state index is 12.9. The van der Waals surface area contributed by atoms with E-state index in [0.717, 1.165) is 70.2 Å². The third kappa shape index (κ3) is 4.12. The molecule has 2 aliphatic heterocycles. The van der Waals surface area contributed by atoms with Crippen molar-refractivity contribution in [1.29, 1.82) is 0 Å². The van der Waals surface area contributed by atoms with E-state index in [2.05, 4.69) is 44.1 Å². The number of benzene rings is 1. The molecule has 1 N–H and O–H groups in total. The second-order valence-corrected chi connectivity index (χ2v) is 7.49. The number of hydrogen-bond acceptors (Lipinski definition) is 5. The third-order valence-electron chi connectivity index (χ3n) is 5.75. The summed E-state index contributed by atoms with van der Waals surface area (Å²) in [5.41, 5.74) is 2.68. The fourth-order valence-corrected chi connectivity index (χ4v) is 4.03. The van der Waals surface area contributed by atoms with Crippen LogP contribution in [-0.4, -0.2) is 61.6 Å². The lowest BCUT2D eigenvalue weighted by Gasteiger charge is -2.35. The predicted octanol–water partition coefficient (Wildman–Crippen LogP) is 3.08. The average molecular weight is 380 g/mol. The molecule has 0 bridgehead atoms. The van der Waals surface area contributed by atoms with Crippen molar-refractivity contribution < 1.29 is 4.79 Å². The van der Waals surface area contributed by atoms with E-state index >= 15 is 0 Å². The van der Waals surface area contributed by atoms with E-state index in [9.17, 15) is 4.79 Å². The van der Waals surface area contributed by atoms with Crippen molar-refractivity contribution in [3.05, 3.63) is 48.2 Å². The van der Waals surface area contributed by atoms with E-state index in [1.807, 2.05) is 24.3 Å². The van der Waals surface area contributed by atoms with Gasteiger partial charge in [-0.15, -0.1) is 0 Å². The average Bonchev–Trinajstić information content (AvgIpc) is 3.29. The van der Waals surface area contributed by atoms with E-state index in [1.54, 1.807) is 6.20 Å². The lowest BCUT2D eigenvalue weighted by molar-refractivity contribution is 0.102. The van der Waals surface area contributed by atoms with Crippen LogP contribution >= 0.6 is 0 Å². The largest absolute Gasteiger partial charge is 0.369 e. The lowest BCUT2D eigenvalue weighted by atomic mass is 10.2. The fourth-order valence-electron chi connectivity index (χ4n) is 4.03. The standard InChI is InChI=1S/C22H29N5O/c1-2-25-14-16-26(17-15-25)19-9-7-18(8-10-19)24-22(28)20-6-5-11-23-21(20)27-12-3-4-13-27/h5-11H,2-4,12-17H2,1H3,(H,24,28). The van der Waals surface area contributed by atoms with Gasteiger partial charge in [-0.25, -0.2) is 4.98 Å². The molecule has 0 unspecified atom stereocenters. The van der Waals surface area contributed by atoms with Crippen LogP contribution in [0, 0.1) is 0 Å². The van der Waals surface area contributed by atoms with Crippen molar-refractivity contribution >= 4 is 23.1 Å². The number of aromatic nitrogens is 1. The molecule has 28 heavy (non-hydrogen) atoms. The molecule has 148 valence electrons. The summed E-state index contributed by atoms with van der Waals surface area (Å²) in [5, 5.41) is 3.04. The smallest absolute Gasteiger partial charge is 0.259 e. The summed E-state index contributed by atoms with van der Waals surface area (Å²) < 4.78 is 0. The van der Waals surface area contributed by atoms with E-state index < -0.39 is 0 Å². The van der Waals surface area contributed by atoms with Crippen LogP contribution in [0.1, 0.15) is 30.1 Å². The Bertz CT molecular complexity index is 793. The first kappa shape index (κ1) is 18.7. The Kier molecular flexibility index (Phi) is 5.76. The summed E-state index contributed by atoms with van der Waals surface area (Å²) in [7, 11) is 0. The SMILES string of the molecule is CCN1CCN(c2ccc(NC(=O)c3cccnc3N3CCCC3)cc2)CC1. The predicted molar refractivity (Wildman–Crippen MR) is 114 cm³/mol. The Hall–Kier alpha value is -2.60. The van der Waals surface area contributed by atoms with Crippen LogP contribution in [0.15, 0.2) is 42.6 Å². The first-order chi connectivity index (χ1) is 13.7. The molecule has 3 heterocycles. The van der Waals surface area contributed by atoms with Crippen LogP contribution in [0.5, 0.6) is 0 Å². The Morgan fingerprint density at radius 2 is 1.68 bits per heavy atom. The van der Waals surface area contributed by atoms with E-state index in [-0.39, 0.29) is 5.91 Å². The number of anilines is 3. The highest BCUT2D eigenvalue weighted by molar-refractivity contribution is 6.07. The van der Waals surface area contributed by atoms with Crippen LogP contribution in [0.2, 0.25) is 0 Å². The Labute approximate surface area is 167 Å². The molecule has 0 radical (unpaired) electrons. The van der Waals surface area contributed by atoms with Crippen molar-refractivity contribution in [1.82, 2.24) is 9.88 Å². The number of carbonyl (C=O) groups is 1. The molecule has 2 aromatic rings. The van der Waals surface area contributed by atoms with Gasteiger partial charge in [-0.2, -0.15) is 0 Å². The molecule has 1 aromatic heterocycles. The van der Waals surface area contributed by atoms with Gasteiger partial charge in [0.05, 0.1) is 5.56 Å². The first-order valence-corrected chi connectivity index (χ1v) is 10.3. The number of amides is 1. The molecule has 6 heteroatoms. The molecule has 1 amide bonds. The molecule has 2 saturated heterocycles. The Morgan fingerprint density at radius 3 is 2.36 bits per heavy atom. The quantitative estimate of drug-likeness (QED) is 0.865. The van der Waals surface area contributed by atoms with E-state index in [1.165, 1.54) is 5.69 Å². The maximum atomic E-state index is 12.9. The van der Waals surface area contributed by atoms with Crippen LogP contribution in [0.3, 0.4) is 0 Å². The summed E-state index contributed by atoms with van der Waals surface area (Å²) in [5.74, 6) is 0.697. The van der Waals surface area contributed by atoms with Gasteiger partial charge < -0.3 is 20.0 Å². The zero-order chi connectivity index (χ0) is 19.3. The number of rotatable bonds is 5.